The first kappa shape index (κ1) is 15.8. The van der Waals surface area contributed by atoms with Crippen molar-refractivity contribution in [2.45, 2.75) is 13.5 Å². The summed E-state index contributed by atoms with van der Waals surface area (Å²) in [6.07, 6.45) is 1.66. The van der Waals surface area contributed by atoms with Crippen molar-refractivity contribution < 1.29 is 4.74 Å². The highest BCUT2D eigenvalue weighted by molar-refractivity contribution is 5.93. The maximum atomic E-state index is 12.5. The number of aromatic nitrogens is 5. The monoisotopic (exact) mass is 340 g/mol. The third kappa shape index (κ3) is 2.69. The molecule has 0 aliphatic rings. The van der Waals surface area contributed by atoms with Crippen LogP contribution in [0.2, 0.25) is 0 Å². The molecule has 3 aromatic heterocycles. The van der Waals surface area contributed by atoms with Crippen molar-refractivity contribution in [1.29, 1.82) is 0 Å². The van der Waals surface area contributed by atoms with E-state index in [0.717, 1.165) is 36.2 Å². The molecular formula is C17H20N6O2. The molecule has 25 heavy (non-hydrogen) atoms. The molecule has 0 saturated carbocycles. The molecule has 0 amide bonds. The fraction of sp³-hybridized carbons (Fsp3) is 0.353. The SMILES string of the molecule is CCN(CCOC)Cc1ccc2nc3c4n[nH]cc4[nH]c(=O)n3c2c1. The Morgan fingerprint density at radius 2 is 2.24 bits per heavy atom. The molecule has 3 heterocycles. The number of rotatable bonds is 6. The molecule has 8 heteroatoms. The van der Waals surface area contributed by atoms with Crippen LogP contribution in [-0.2, 0) is 11.3 Å². The Bertz CT molecular complexity index is 1090. The van der Waals surface area contributed by atoms with E-state index in [1.807, 2.05) is 12.1 Å². The molecule has 0 bridgehead atoms. The number of hydrogen-bond donors (Lipinski definition) is 2. The van der Waals surface area contributed by atoms with Gasteiger partial charge in [0.2, 0.25) is 0 Å². The van der Waals surface area contributed by atoms with Crippen molar-refractivity contribution in [2.24, 2.45) is 0 Å². The van der Waals surface area contributed by atoms with Crippen LogP contribution in [0, 0.1) is 0 Å². The fourth-order valence-electron chi connectivity index (χ4n) is 3.14. The molecule has 130 valence electrons. The number of methoxy groups -OCH3 is 1. The van der Waals surface area contributed by atoms with E-state index in [-0.39, 0.29) is 5.69 Å². The zero-order valence-electron chi connectivity index (χ0n) is 14.2. The van der Waals surface area contributed by atoms with Crippen LogP contribution in [0.5, 0.6) is 0 Å². The van der Waals surface area contributed by atoms with E-state index in [1.165, 1.54) is 0 Å². The number of nitrogens with zero attached hydrogens (tertiary/aromatic N) is 4. The van der Waals surface area contributed by atoms with E-state index >= 15 is 0 Å². The summed E-state index contributed by atoms with van der Waals surface area (Å²) in [5.41, 5.74) is 4.38. The second-order valence-electron chi connectivity index (χ2n) is 6.03. The molecule has 4 rings (SSSR count). The molecule has 0 spiro atoms. The van der Waals surface area contributed by atoms with Crippen LogP contribution in [0.1, 0.15) is 12.5 Å². The van der Waals surface area contributed by atoms with E-state index in [4.69, 9.17) is 4.74 Å². The minimum atomic E-state index is -0.213. The molecule has 0 saturated heterocycles. The van der Waals surface area contributed by atoms with Crippen molar-refractivity contribution in [2.75, 3.05) is 26.8 Å². The standard InChI is InChI=1S/C17H20N6O2/c1-3-22(6-7-25-2)10-11-4-5-12-14(8-11)23-16(19-12)15-13(9-18-21-15)20-17(23)24/h4-5,8-9H,3,6-7,10H2,1-2H3,(H,18,21)(H,20,24). The van der Waals surface area contributed by atoms with Gasteiger partial charge in [0.25, 0.3) is 0 Å². The molecule has 0 radical (unpaired) electrons. The maximum Gasteiger partial charge on any atom is 0.332 e. The molecule has 8 nitrogen and oxygen atoms in total. The fourth-order valence-corrected chi connectivity index (χ4v) is 3.14. The Morgan fingerprint density at radius 1 is 1.36 bits per heavy atom. The lowest BCUT2D eigenvalue weighted by molar-refractivity contribution is 0.147. The van der Waals surface area contributed by atoms with Crippen LogP contribution in [0.15, 0.2) is 29.2 Å². The summed E-state index contributed by atoms with van der Waals surface area (Å²) in [4.78, 5) is 22.2. The second-order valence-corrected chi connectivity index (χ2v) is 6.03. The van der Waals surface area contributed by atoms with E-state index in [9.17, 15) is 4.79 Å². The first-order chi connectivity index (χ1) is 12.2. The summed E-state index contributed by atoms with van der Waals surface area (Å²) < 4.78 is 6.76. The minimum Gasteiger partial charge on any atom is -0.383 e. The summed E-state index contributed by atoms with van der Waals surface area (Å²) in [6, 6.07) is 6.04. The van der Waals surface area contributed by atoms with Gasteiger partial charge >= 0.3 is 5.69 Å². The maximum absolute atomic E-state index is 12.5. The van der Waals surface area contributed by atoms with Gasteiger partial charge in [-0.1, -0.05) is 13.0 Å². The van der Waals surface area contributed by atoms with E-state index in [1.54, 1.807) is 17.7 Å². The van der Waals surface area contributed by atoms with Gasteiger partial charge in [0.05, 0.1) is 23.2 Å². The lowest BCUT2D eigenvalue weighted by Crippen LogP contribution is -2.26. The van der Waals surface area contributed by atoms with Gasteiger partial charge in [-0.05, 0) is 24.2 Å². The van der Waals surface area contributed by atoms with Crippen LogP contribution < -0.4 is 5.69 Å². The van der Waals surface area contributed by atoms with E-state index < -0.39 is 0 Å². The molecule has 4 aromatic rings. The topological polar surface area (TPSA) is 91.3 Å². The smallest absolute Gasteiger partial charge is 0.332 e. The average molecular weight is 340 g/mol. The summed E-state index contributed by atoms with van der Waals surface area (Å²) >= 11 is 0. The van der Waals surface area contributed by atoms with Crippen molar-refractivity contribution in [3.63, 3.8) is 0 Å². The van der Waals surface area contributed by atoms with Crippen LogP contribution >= 0.6 is 0 Å². The van der Waals surface area contributed by atoms with E-state index in [2.05, 4.69) is 38.1 Å². The summed E-state index contributed by atoms with van der Waals surface area (Å²) in [7, 11) is 1.71. The number of H-pyrrole nitrogens is 2. The van der Waals surface area contributed by atoms with Crippen LogP contribution in [0.25, 0.3) is 27.7 Å². The highest BCUT2D eigenvalue weighted by Gasteiger charge is 2.14. The van der Waals surface area contributed by atoms with Gasteiger partial charge in [-0.25, -0.2) is 14.2 Å². The third-order valence-electron chi connectivity index (χ3n) is 4.48. The highest BCUT2D eigenvalue weighted by atomic mass is 16.5. The number of fused-ring (bicyclic) bond motifs is 5. The number of aromatic amines is 2. The lowest BCUT2D eigenvalue weighted by Gasteiger charge is -2.19. The quantitative estimate of drug-likeness (QED) is 0.555. The number of nitrogens with one attached hydrogen (secondary N) is 2. The van der Waals surface area contributed by atoms with Gasteiger partial charge in [-0.2, -0.15) is 5.10 Å². The summed E-state index contributed by atoms with van der Waals surface area (Å²) in [5, 5.41) is 6.97. The summed E-state index contributed by atoms with van der Waals surface area (Å²) in [5.74, 6) is 0. The Kier molecular flexibility index (Phi) is 3.98. The second kappa shape index (κ2) is 6.30. The van der Waals surface area contributed by atoms with Gasteiger partial charge < -0.3 is 9.72 Å². The molecule has 0 aliphatic carbocycles. The number of benzene rings is 1. The Balaban J connectivity index is 1.82. The molecule has 0 atom stereocenters. The Labute approximate surface area is 143 Å². The van der Waals surface area contributed by atoms with Gasteiger partial charge in [-0.3, -0.25) is 10.00 Å². The molecule has 0 unspecified atom stereocenters. The molecule has 2 N–H and O–H groups in total. The number of ether oxygens (including phenoxy) is 1. The highest BCUT2D eigenvalue weighted by Crippen LogP contribution is 2.21. The normalized spacial score (nSPS) is 12.1. The predicted octanol–water partition coefficient (Wildman–Crippen LogP) is 1.52. The third-order valence-corrected chi connectivity index (χ3v) is 4.48. The Morgan fingerprint density at radius 3 is 3.04 bits per heavy atom. The van der Waals surface area contributed by atoms with E-state index in [0.29, 0.717) is 23.3 Å². The van der Waals surface area contributed by atoms with Crippen LogP contribution in [0.3, 0.4) is 0 Å². The number of hydrogen-bond acceptors (Lipinski definition) is 5. The number of imidazole rings is 1. The van der Waals surface area contributed by atoms with Gasteiger partial charge in [0.1, 0.15) is 0 Å². The van der Waals surface area contributed by atoms with Crippen molar-refractivity contribution >= 4 is 27.7 Å². The molecule has 0 aliphatic heterocycles. The molecular weight excluding hydrogens is 320 g/mol. The number of likely N-dealkylation sites (N-methyl/N-ethyl adjacent to an activating group) is 1. The first-order valence-corrected chi connectivity index (χ1v) is 8.29. The lowest BCUT2D eigenvalue weighted by atomic mass is 10.2. The predicted molar refractivity (Wildman–Crippen MR) is 95.8 cm³/mol. The van der Waals surface area contributed by atoms with Crippen molar-refractivity contribution in [3.8, 4) is 0 Å². The first-order valence-electron chi connectivity index (χ1n) is 8.29. The molecule has 0 fully saturated rings. The van der Waals surface area contributed by atoms with Crippen LogP contribution in [0.4, 0.5) is 0 Å². The summed E-state index contributed by atoms with van der Waals surface area (Å²) in [6.45, 7) is 5.42. The van der Waals surface area contributed by atoms with Crippen molar-refractivity contribution in [1.82, 2.24) is 29.5 Å². The van der Waals surface area contributed by atoms with Crippen molar-refractivity contribution in [3.05, 3.63) is 40.4 Å². The van der Waals surface area contributed by atoms with Gasteiger partial charge in [-0.15, -0.1) is 0 Å². The average Bonchev–Trinajstić information content (AvgIpc) is 3.22. The largest absolute Gasteiger partial charge is 0.383 e. The zero-order chi connectivity index (χ0) is 17.4. The molecule has 1 aromatic carbocycles. The zero-order valence-corrected chi connectivity index (χ0v) is 14.2. The Hall–Kier alpha value is -2.71. The van der Waals surface area contributed by atoms with Gasteiger partial charge in [0.15, 0.2) is 11.2 Å². The minimum absolute atomic E-state index is 0.213. The van der Waals surface area contributed by atoms with Crippen LogP contribution in [-0.4, -0.2) is 56.3 Å². The van der Waals surface area contributed by atoms with Gasteiger partial charge in [0, 0.05) is 26.4 Å².